The molecule has 2 nitrogen and oxygen atoms in total. The standard InChI is InChI=1S/C20H23Br2NO/c21-19-8-3-5-16(11-19)12-23-10-4-6-17(13-23)14-24-15-18-7-1-2-9-20(18)22/h1-3,5,7-9,11,17H,4,6,10,12-15H2. The predicted molar refractivity (Wildman–Crippen MR) is 106 cm³/mol. The van der Waals surface area contributed by atoms with Gasteiger partial charge in [-0.05, 0) is 54.6 Å². The molecule has 0 amide bonds. The van der Waals surface area contributed by atoms with Crippen molar-refractivity contribution in [2.24, 2.45) is 5.92 Å². The Bertz CT molecular complexity index is 662. The van der Waals surface area contributed by atoms with Crippen molar-refractivity contribution < 1.29 is 4.74 Å². The van der Waals surface area contributed by atoms with E-state index < -0.39 is 0 Å². The summed E-state index contributed by atoms with van der Waals surface area (Å²) in [6.45, 7) is 4.87. The smallest absolute Gasteiger partial charge is 0.0727 e. The minimum Gasteiger partial charge on any atom is -0.376 e. The molecule has 2 aromatic carbocycles. The van der Waals surface area contributed by atoms with Crippen LogP contribution >= 0.6 is 31.9 Å². The van der Waals surface area contributed by atoms with Crippen molar-refractivity contribution in [3.63, 3.8) is 0 Å². The highest BCUT2D eigenvalue weighted by Crippen LogP contribution is 2.22. The van der Waals surface area contributed by atoms with E-state index in [-0.39, 0.29) is 0 Å². The number of benzene rings is 2. The summed E-state index contributed by atoms with van der Waals surface area (Å²) in [5.41, 5.74) is 2.60. The summed E-state index contributed by atoms with van der Waals surface area (Å²) in [7, 11) is 0. The van der Waals surface area contributed by atoms with Crippen LogP contribution in [-0.4, -0.2) is 24.6 Å². The predicted octanol–water partition coefficient (Wildman–Crippen LogP) is 5.64. The van der Waals surface area contributed by atoms with Gasteiger partial charge >= 0.3 is 0 Å². The lowest BCUT2D eigenvalue weighted by Crippen LogP contribution is -2.36. The first kappa shape index (κ1) is 18.1. The van der Waals surface area contributed by atoms with Crippen molar-refractivity contribution in [3.05, 3.63) is 68.6 Å². The summed E-state index contributed by atoms with van der Waals surface area (Å²) in [6, 6.07) is 16.9. The van der Waals surface area contributed by atoms with Crippen LogP contribution in [0, 0.1) is 5.92 Å². The second kappa shape index (κ2) is 9.14. The fourth-order valence-corrected chi connectivity index (χ4v) is 4.12. The van der Waals surface area contributed by atoms with Crippen LogP contribution < -0.4 is 0 Å². The number of halogens is 2. The van der Waals surface area contributed by atoms with Crippen molar-refractivity contribution in [1.29, 1.82) is 0 Å². The average molecular weight is 453 g/mol. The largest absolute Gasteiger partial charge is 0.376 e. The fraction of sp³-hybridized carbons (Fsp3) is 0.400. The van der Waals surface area contributed by atoms with E-state index >= 15 is 0 Å². The van der Waals surface area contributed by atoms with E-state index in [0.717, 1.165) is 28.6 Å². The van der Waals surface area contributed by atoms with Gasteiger partial charge < -0.3 is 4.74 Å². The summed E-state index contributed by atoms with van der Waals surface area (Å²) in [5, 5.41) is 0. The quantitative estimate of drug-likeness (QED) is 0.562. The Labute approximate surface area is 161 Å². The first-order valence-corrected chi connectivity index (χ1v) is 10.1. The van der Waals surface area contributed by atoms with Gasteiger partial charge in [0, 0.05) is 22.0 Å². The summed E-state index contributed by atoms with van der Waals surface area (Å²) in [4.78, 5) is 2.55. The molecule has 1 unspecified atom stereocenters. The Balaban J connectivity index is 1.46. The molecule has 128 valence electrons. The van der Waals surface area contributed by atoms with Gasteiger partial charge in [0.05, 0.1) is 13.2 Å². The van der Waals surface area contributed by atoms with E-state index in [9.17, 15) is 0 Å². The van der Waals surface area contributed by atoms with Crippen LogP contribution in [0.25, 0.3) is 0 Å². The number of hydrogen-bond acceptors (Lipinski definition) is 2. The van der Waals surface area contributed by atoms with Gasteiger partial charge in [-0.25, -0.2) is 0 Å². The molecule has 0 bridgehead atoms. The Morgan fingerprint density at radius 1 is 1.08 bits per heavy atom. The van der Waals surface area contributed by atoms with Gasteiger partial charge in [0.25, 0.3) is 0 Å². The summed E-state index contributed by atoms with van der Waals surface area (Å²) in [5.74, 6) is 0.633. The van der Waals surface area contributed by atoms with Crippen LogP contribution in [0.3, 0.4) is 0 Å². The molecule has 1 atom stereocenters. The molecular weight excluding hydrogens is 430 g/mol. The molecule has 1 aliphatic heterocycles. The van der Waals surface area contributed by atoms with Crippen LogP contribution in [0.5, 0.6) is 0 Å². The molecule has 0 radical (unpaired) electrons. The average Bonchev–Trinajstić information content (AvgIpc) is 2.57. The van der Waals surface area contributed by atoms with E-state index in [1.807, 2.05) is 6.07 Å². The van der Waals surface area contributed by atoms with Gasteiger partial charge in [0.2, 0.25) is 0 Å². The van der Waals surface area contributed by atoms with Gasteiger partial charge in [-0.2, -0.15) is 0 Å². The zero-order valence-electron chi connectivity index (χ0n) is 13.8. The lowest BCUT2D eigenvalue weighted by Gasteiger charge is -2.32. The molecule has 24 heavy (non-hydrogen) atoms. The SMILES string of the molecule is Brc1cccc(CN2CCCC(COCc3ccccc3Br)C2)c1. The van der Waals surface area contributed by atoms with Gasteiger partial charge in [0.1, 0.15) is 0 Å². The third-order valence-electron chi connectivity index (χ3n) is 4.47. The maximum atomic E-state index is 5.99. The number of nitrogens with zero attached hydrogens (tertiary/aromatic N) is 1. The molecule has 3 rings (SSSR count). The summed E-state index contributed by atoms with van der Waals surface area (Å²) >= 11 is 7.14. The zero-order chi connectivity index (χ0) is 16.8. The molecule has 1 fully saturated rings. The highest BCUT2D eigenvalue weighted by molar-refractivity contribution is 9.10. The first-order chi connectivity index (χ1) is 11.7. The molecule has 0 spiro atoms. The van der Waals surface area contributed by atoms with E-state index in [1.54, 1.807) is 0 Å². The lowest BCUT2D eigenvalue weighted by molar-refractivity contribution is 0.0494. The Kier molecular flexibility index (Phi) is 6.90. The number of hydrogen-bond donors (Lipinski definition) is 0. The molecule has 0 N–H and O–H groups in total. The lowest BCUT2D eigenvalue weighted by atomic mass is 9.98. The molecule has 0 saturated carbocycles. The van der Waals surface area contributed by atoms with Crippen LogP contribution in [0.1, 0.15) is 24.0 Å². The number of piperidine rings is 1. The van der Waals surface area contributed by atoms with Gasteiger partial charge in [-0.15, -0.1) is 0 Å². The van der Waals surface area contributed by atoms with Crippen molar-refractivity contribution in [1.82, 2.24) is 4.90 Å². The van der Waals surface area contributed by atoms with Crippen LogP contribution in [0.15, 0.2) is 57.5 Å². The molecule has 1 saturated heterocycles. The van der Waals surface area contributed by atoms with E-state index in [2.05, 4.69) is 79.2 Å². The Morgan fingerprint density at radius 2 is 1.96 bits per heavy atom. The van der Waals surface area contributed by atoms with Crippen LogP contribution in [-0.2, 0) is 17.9 Å². The van der Waals surface area contributed by atoms with E-state index in [1.165, 1.54) is 30.5 Å². The highest BCUT2D eigenvalue weighted by atomic mass is 79.9. The highest BCUT2D eigenvalue weighted by Gasteiger charge is 2.20. The molecule has 1 aliphatic rings. The normalized spacial score (nSPS) is 18.7. The summed E-state index contributed by atoms with van der Waals surface area (Å²) in [6.07, 6.45) is 2.53. The van der Waals surface area contributed by atoms with E-state index in [4.69, 9.17) is 4.74 Å². The maximum Gasteiger partial charge on any atom is 0.0727 e. The minimum atomic E-state index is 0.633. The Morgan fingerprint density at radius 3 is 2.79 bits per heavy atom. The summed E-state index contributed by atoms with van der Waals surface area (Å²) < 4.78 is 8.28. The van der Waals surface area contributed by atoms with Crippen molar-refractivity contribution in [2.45, 2.75) is 26.0 Å². The number of likely N-dealkylation sites (tertiary alicyclic amines) is 1. The number of rotatable bonds is 6. The van der Waals surface area contributed by atoms with Crippen molar-refractivity contribution >= 4 is 31.9 Å². The molecule has 0 aliphatic carbocycles. The molecule has 1 heterocycles. The fourth-order valence-electron chi connectivity index (χ4n) is 3.28. The van der Waals surface area contributed by atoms with E-state index in [0.29, 0.717) is 12.5 Å². The third-order valence-corrected chi connectivity index (χ3v) is 5.73. The zero-order valence-corrected chi connectivity index (χ0v) is 16.9. The van der Waals surface area contributed by atoms with Crippen molar-refractivity contribution in [2.75, 3.05) is 19.7 Å². The van der Waals surface area contributed by atoms with Gasteiger partial charge in [-0.1, -0.05) is 62.2 Å². The molecule has 4 heteroatoms. The number of ether oxygens (including phenoxy) is 1. The Hall–Kier alpha value is -0.680. The van der Waals surface area contributed by atoms with Gasteiger partial charge in [-0.3, -0.25) is 4.90 Å². The van der Waals surface area contributed by atoms with Gasteiger partial charge in [0.15, 0.2) is 0 Å². The molecule has 2 aromatic rings. The monoisotopic (exact) mass is 451 g/mol. The van der Waals surface area contributed by atoms with Crippen molar-refractivity contribution in [3.8, 4) is 0 Å². The maximum absolute atomic E-state index is 5.99. The van der Waals surface area contributed by atoms with Crippen LogP contribution in [0.4, 0.5) is 0 Å². The minimum absolute atomic E-state index is 0.633. The molecule has 0 aromatic heterocycles. The molecular formula is C20H23Br2NO. The topological polar surface area (TPSA) is 12.5 Å². The first-order valence-electron chi connectivity index (χ1n) is 8.48. The third kappa shape index (κ3) is 5.41. The second-order valence-corrected chi connectivity index (χ2v) is 8.25. The second-order valence-electron chi connectivity index (χ2n) is 6.48. The van der Waals surface area contributed by atoms with Crippen LogP contribution in [0.2, 0.25) is 0 Å².